The summed E-state index contributed by atoms with van der Waals surface area (Å²) in [6, 6.07) is 11.3. The van der Waals surface area contributed by atoms with Crippen molar-refractivity contribution in [3.05, 3.63) is 58.1 Å². The maximum Gasteiger partial charge on any atom is 0.264 e. The predicted octanol–water partition coefficient (Wildman–Crippen LogP) is 5.98. The zero-order chi connectivity index (χ0) is 28.7. The van der Waals surface area contributed by atoms with Gasteiger partial charge in [0, 0.05) is 30.8 Å². The van der Waals surface area contributed by atoms with Crippen molar-refractivity contribution in [1.82, 2.24) is 4.72 Å². The van der Waals surface area contributed by atoms with E-state index in [1.54, 1.807) is 13.2 Å². The van der Waals surface area contributed by atoms with Crippen LogP contribution in [0.1, 0.15) is 73.4 Å². The maximum atomic E-state index is 13.6. The van der Waals surface area contributed by atoms with Gasteiger partial charge in [0.15, 0.2) is 0 Å². The summed E-state index contributed by atoms with van der Waals surface area (Å²) in [5.41, 5.74) is 3.48. The van der Waals surface area contributed by atoms with Crippen LogP contribution in [0.5, 0.6) is 5.75 Å². The van der Waals surface area contributed by atoms with Crippen LogP contribution >= 0.6 is 11.6 Å². The molecule has 1 amide bonds. The molecule has 1 N–H and O–H groups in total. The molecule has 6 rings (SSSR count). The Morgan fingerprint density at radius 3 is 2.63 bits per heavy atom. The fourth-order valence-corrected chi connectivity index (χ4v) is 9.61. The summed E-state index contributed by atoms with van der Waals surface area (Å²) in [4.78, 5) is 15.8. The summed E-state index contributed by atoms with van der Waals surface area (Å²) in [5, 5.41) is 0.115. The fourth-order valence-electron chi connectivity index (χ4n) is 7.64. The molecule has 2 aromatic carbocycles. The molecule has 7 nitrogen and oxygen atoms in total. The SMILES string of the molecule is CO[C@H]1[C@@H]2CC[C@@H](C)[C@H](C2)S(=O)(=O)NC(=O)c2ccc3c(c2)N(CCCCc2cc(Cl)ccc2CO3)C[C@@H]2CC[C@H]21. The largest absolute Gasteiger partial charge is 0.487 e. The average molecular weight is 601 g/mol. The molecular formula is C32H41ClN2O5S. The molecule has 2 fully saturated rings. The van der Waals surface area contributed by atoms with Crippen molar-refractivity contribution in [2.75, 3.05) is 25.1 Å². The highest BCUT2D eigenvalue weighted by Crippen LogP contribution is 2.46. The predicted molar refractivity (Wildman–Crippen MR) is 161 cm³/mol. The second kappa shape index (κ2) is 11.8. The van der Waals surface area contributed by atoms with Crippen LogP contribution in [0, 0.1) is 23.7 Å². The van der Waals surface area contributed by atoms with Gasteiger partial charge in [-0.2, -0.15) is 0 Å². The molecule has 6 atom stereocenters. The molecule has 0 spiro atoms. The van der Waals surface area contributed by atoms with Gasteiger partial charge in [-0.25, -0.2) is 13.1 Å². The molecule has 2 aliphatic carbocycles. The second-order valence-electron chi connectivity index (χ2n) is 12.6. The molecule has 0 radical (unpaired) electrons. The first-order valence-electron chi connectivity index (χ1n) is 15.1. The van der Waals surface area contributed by atoms with E-state index in [9.17, 15) is 13.2 Å². The van der Waals surface area contributed by atoms with Gasteiger partial charge in [0.05, 0.1) is 17.0 Å². The van der Waals surface area contributed by atoms with E-state index in [0.717, 1.165) is 74.3 Å². The number of amides is 1. The van der Waals surface area contributed by atoms with E-state index in [1.807, 2.05) is 37.3 Å². The molecule has 0 saturated heterocycles. The Balaban J connectivity index is 1.40. The zero-order valence-electron chi connectivity index (χ0n) is 24.0. The number of halogens is 1. The van der Waals surface area contributed by atoms with E-state index >= 15 is 0 Å². The number of carbonyl (C=O) groups is 1. The standard InChI is InChI=1S/C32H41ClN2O5S/c1-20-6-7-22-17-30(20)41(37,38)34-32(36)23-10-13-29-28(16-23)35(18-24-9-12-27(24)31(22)39-2)14-4-3-5-21-15-26(33)11-8-25(21)19-40-29/h8,10-11,13,15-16,20,22,24,27,30-31H,3-7,9,12,14,17-19H2,1-2H3,(H,34,36)/t20-,22-,24+,27-,30+,31+/m1/s1. The second-order valence-corrected chi connectivity index (χ2v) is 14.9. The number of hydrogen-bond donors (Lipinski definition) is 1. The molecular weight excluding hydrogens is 560 g/mol. The van der Waals surface area contributed by atoms with E-state index in [2.05, 4.69) is 9.62 Å². The van der Waals surface area contributed by atoms with Crippen molar-refractivity contribution in [1.29, 1.82) is 0 Å². The van der Waals surface area contributed by atoms with E-state index in [1.165, 1.54) is 5.56 Å². The Labute approximate surface area is 249 Å². The van der Waals surface area contributed by atoms with E-state index in [4.69, 9.17) is 21.1 Å². The van der Waals surface area contributed by atoms with Crippen molar-refractivity contribution in [2.45, 2.75) is 76.3 Å². The smallest absolute Gasteiger partial charge is 0.264 e. The third-order valence-corrected chi connectivity index (χ3v) is 12.3. The van der Waals surface area contributed by atoms with Crippen LogP contribution in [0.4, 0.5) is 5.69 Å². The van der Waals surface area contributed by atoms with E-state index in [0.29, 0.717) is 36.2 Å². The third-order valence-electron chi connectivity index (χ3n) is 10.1. The molecule has 2 saturated carbocycles. The van der Waals surface area contributed by atoms with Crippen LogP contribution < -0.4 is 14.4 Å². The van der Waals surface area contributed by atoms with Crippen molar-refractivity contribution in [3.8, 4) is 5.75 Å². The van der Waals surface area contributed by atoms with Gasteiger partial charge in [-0.3, -0.25) is 4.79 Å². The van der Waals surface area contributed by atoms with Gasteiger partial charge in [-0.05, 0) is 116 Å². The summed E-state index contributed by atoms with van der Waals surface area (Å²) in [7, 11) is -2.09. The highest BCUT2D eigenvalue weighted by Gasteiger charge is 2.46. The van der Waals surface area contributed by atoms with E-state index in [-0.39, 0.29) is 17.9 Å². The Morgan fingerprint density at radius 2 is 1.85 bits per heavy atom. The Kier molecular flexibility index (Phi) is 8.27. The van der Waals surface area contributed by atoms with E-state index < -0.39 is 21.2 Å². The lowest BCUT2D eigenvalue weighted by atomic mass is 9.65. The minimum absolute atomic E-state index is 0.0165. The van der Waals surface area contributed by atoms with Crippen molar-refractivity contribution < 1.29 is 22.7 Å². The molecule has 41 heavy (non-hydrogen) atoms. The lowest BCUT2D eigenvalue weighted by Gasteiger charge is -2.48. The Morgan fingerprint density at radius 1 is 1.02 bits per heavy atom. The highest BCUT2D eigenvalue weighted by atomic mass is 35.5. The van der Waals surface area contributed by atoms with Gasteiger partial charge < -0.3 is 14.4 Å². The van der Waals surface area contributed by atoms with Gasteiger partial charge in [-0.15, -0.1) is 0 Å². The number of anilines is 1. The zero-order valence-corrected chi connectivity index (χ0v) is 25.6. The summed E-state index contributed by atoms with van der Waals surface area (Å²) < 4.78 is 42.2. The van der Waals surface area contributed by atoms with Crippen LogP contribution in [0.25, 0.3) is 0 Å². The molecule has 4 aliphatic rings. The molecule has 2 aliphatic heterocycles. The average Bonchev–Trinajstić information content (AvgIpc) is 2.96. The third kappa shape index (κ3) is 5.84. The molecule has 9 heteroatoms. The number of aryl methyl sites for hydroxylation is 1. The Hall–Kier alpha value is -2.29. The Bertz CT molecular complexity index is 1400. The summed E-state index contributed by atoms with van der Waals surface area (Å²) >= 11 is 6.32. The van der Waals surface area contributed by atoms with Crippen molar-refractivity contribution in [2.24, 2.45) is 23.7 Å². The number of sulfonamides is 1. The van der Waals surface area contributed by atoms with Crippen LogP contribution in [-0.2, 0) is 27.8 Å². The maximum absolute atomic E-state index is 13.6. The first-order chi connectivity index (χ1) is 19.7. The van der Waals surface area contributed by atoms with Gasteiger partial charge in [-0.1, -0.05) is 24.6 Å². The van der Waals surface area contributed by atoms with Crippen LogP contribution in [0.2, 0.25) is 5.02 Å². The van der Waals surface area contributed by atoms with Crippen LogP contribution in [0.3, 0.4) is 0 Å². The van der Waals surface area contributed by atoms with Gasteiger partial charge in [0.25, 0.3) is 5.91 Å². The summed E-state index contributed by atoms with van der Waals surface area (Å²) in [5.74, 6) is 1.07. The van der Waals surface area contributed by atoms with Crippen molar-refractivity contribution >= 4 is 33.2 Å². The summed E-state index contributed by atoms with van der Waals surface area (Å²) in [6.45, 7) is 4.06. The molecule has 4 bridgehead atoms. The number of fused-ring (bicyclic) bond motifs is 5. The minimum Gasteiger partial charge on any atom is -0.487 e. The van der Waals surface area contributed by atoms with Crippen LogP contribution in [-0.4, -0.2) is 45.9 Å². The van der Waals surface area contributed by atoms with Crippen LogP contribution in [0.15, 0.2) is 36.4 Å². The van der Waals surface area contributed by atoms with Crippen molar-refractivity contribution in [3.63, 3.8) is 0 Å². The fraction of sp³-hybridized carbons (Fsp3) is 0.594. The molecule has 0 aromatic heterocycles. The number of nitrogens with zero attached hydrogens (tertiary/aromatic N) is 1. The molecule has 2 aromatic rings. The molecule has 0 unspecified atom stereocenters. The number of nitrogens with one attached hydrogen (secondary N) is 1. The number of ether oxygens (including phenoxy) is 2. The monoisotopic (exact) mass is 600 g/mol. The van der Waals surface area contributed by atoms with Gasteiger partial charge in [0.2, 0.25) is 10.0 Å². The summed E-state index contributed by atoms with van der Waals surface area (Å²) in [6.07, 6.45) is 7.43. The number of carbonyl (C=O) groups excluding carboxylic acids is 1. The number of methoxy groups -OCH3 is 1. The first-order valence-corrected chi connectivity index (χ1v) is 17.0. The number of benzene rings is 2. The number of hydrogen-bond acceptors (Lipinski definition) is 6. The van der Waals surface area contributed by atoms with Gasteiger partial charge in [0.1, 0.15) is 12.4 Å². The molecule has 222 valence electrons. The molecule has 2 heterocycles. The van der Waals surface area contributed by atoms with Gasteiger partial charge >= 0.3 is 0 Å². The number of rotatable bonds is 1. The normalized spacial score (nSPS) is 31.6. The first kappa shape index (κ1) is 28.8. The lowest BCUT2D eigenvalue weighted by Crippen LogP contribution is -2.50. The lowest BCUT2D eigenvalue weighted by molar-refractivity contribution is -0.0612. The quantitative estimate of drug-likeness (QED) is 0.433. The topological polar surface area (TPSA) is 84.9 Å². The minimum atomic E-state index is -3.87. The highest BCUT2D eigenvalue weighted by molar-refractivity contribution is 7.90.